The maximum atomic E-state index is 11.8. The van der Waals surface area contributed by atoms with E-state index in [0.717, 1.165) is 0 Å². The summed E-state index contributed by atoms with van der Waals surface area (Å²) in [5.41, 5.74) is 1.14. The van der Waals surface area contributed by atoms with Crippen LogP contribution in [0.3, 0.4) is 0 Å². The van der Waals surface area contributed by atoms with E-state index in [4.69, 9.17) is 4.74 Å². The second-order valence-electron chi connectivity index (χ2n) is 4.29. The largest absolute Gasteiger partial charge is 0.507 e. The van der Waals surface area contributed by atoms with Crippen molar-refractivity contribution in [2.75, 3.05) is 7.11 Å². The molecule has 0 aliphatic carbocycles. The first kappa shape index (κ1) is 14.6. The van der Waals surface area contributed by atoms with Crippen LogP contribution in [-0.4, -0.2) is 24.2 Å². The predicted molar refractivity (Wildman–Crippen MR) is 75.0 cm³/mol. The first-order valence-corrected chi connectivity index (χ1v) is 6.24. The SMILES string of the molecule is COC(=O)c1cccc(COC(=O)c2ccccc2O)c1. The van der Waals surface area contributed by atoms with Gasteiger partial charge in [-0.1, -0.05) is 24.3 Å². The summed E-state index contributed by atoms with van der Waals surface area (Å²) in [5, 5.41) is 9.56. The van der Waals surface area contributed by atoms with Crippen molar-refractivity contribution >= 4 is 11.9 Å². The molecule has 0 radical (unpaired) electrons. The molecular formula is C16H14O5. The van der Waals surface area contributed by atoms with Gasteiger partial charge in [-0.05, 0) is 29.8 Å². The summed E-state index contributed by atoms with van der Waals surface area (Å²) in [6.07, 6.45) is 0. The minimum atomic E-state index is -0.628. The molecule has 2 aromatic rings. The Morgan fingerprint density at radius 2 is 1.81 bits per heavy atom. The van der Waals surface area contributed by atoms with Crippen LogP contribution in [0.4, 0.5) is 0 Å². The Kier molecular flexibility index (Phi) is 4.56. The lowest BCUT2D eigenvalue weighted by Gasteiger charge is -2.07. The van der Waals surface area contributed by atoms with Gasteiger partial charge in [0.25, 0.3) is 0 Å². The van der Waals surface area contributed by atoms with Crippen molar-refractivity contribution in [1.82, 2.24) is 0 Å². The van der Waals surface area contributed by atoms with Crippen molar-refractivity contribution in [3.05, 3.63) is 65.2 Å². The van der Waals surface area contributed by atoms with Crippen LogP contribution in [0.2, 0.25) is 0 Å². The molecular weight excluding hydrogens is 272 g/mol. The second kappa shape index (κ2) is 6.56. The second-order valence-corrected chi connectivity index (χ2v) is 4.29. The van der Waals surface area contributed by atoms with E-state index in [1.165, 1.54) is 19.2 Å². The Labute approximate surface area is 121 Å². The summed E-state index contributed by atoms with van der Waals surface area (Å²) in [4.78, 5) is 23.2. The molecule has 5 heteroatoms. The average Bonchev–Trinajstić information content (AvgIpc) is 2.52. The zero-order valence-electron chi connectivity index (χ0n) is 11.4. The van der Waals surface area contributed by atoms with Gasteiger partial charge in [-0.2, -0.15) is 0 Å². The molecule has 5 nitrogen and oxygen atoms in total. The highest BCUT2D eigenvalue weighted by Gasteiger charge is 2.12. The van der Waals surface area contributed by atoms with Crippen molar-refractivity contribution in [3.8, 4) is 5.75 Å². The van der Waals surface area contributed by atoms with Gasteiger partial charge in [-0.15, -0.1) is 0 Å². The molecule has 0 spiro atoms. The number of phenolic OH excluding ortho intramolecular Hbond substituents is 1. The molecule has 0 fully saturated rings. The van der Waals surface area contributed by atoms with Crippen molar-refractivity contribution < 1.29 is 24.2 Å². The van der Waals surface area contributed by atoms with Crippen LogP contribution in [0.5, 0.6) is 5.75 Å². The van der Waals surface area contributed by atoms with Gasteiger partial charge < -0.3 is 14.6 Å². The number of ether oxygens (including phenoxy) is 2. The topological polar surface area (TPSA) is 72.8 Å². The first-order valence-electron chi connectivity index (χ1n) is 6.24. The van der Waals surface area contributed by atoms with E-state index in [9.17, 15) is 14.7 Å². The van der Waals surface area contributed by atoms with Crippen LogP contribution < -0.4 is 0 Å². The van der Waals surface area contributed by atoms with Crippen LogP contribution >= 0.6 is 0 Å². The highest BCUT2D eigenvalue weighted by atomic mass is 16.5. The predicted octanol–water partition coefficient (Wildman–Crippen LogP) is 2.54. The van der Waals surface area contributed by atoms with E-state index in [1.807, 2.05) is 0 Å². The number of carbonyl (C=O) groups is 2. The molecule has 0 bridgehead atoms. The smallest absolute Gasteiger partial charge is 0.342 e. The number of para-hydroxylation sites is 1. The van der Waals surface area contributed by atoms with Crippen LogP contribution in [-0.2, 0) is 16.1 Å². The summed E-state index contributed by atoms with van der Waals surface area (Å²) in [6, 6.07) is 12.7. The summed E-state index contributed by atoms with van der Waals surface area (Å²) >= 11 is 0. The molecule has 2 aromatic carbocycles. The van der Waals surface area contributed by atoms with Crippen molar-refractivity contribution in [2.24, 2.45) is 0 Å². The fourth-order valence-corrected chi connectivity index (χ4v) is 1.78. The molecule has 1 N–H and O–H groups in total. The van der Waals surface area contributed by atoms with Crippen LogP contribution in [0.1, 0.15) is 26.3 Å². The van der Waals surface area contributed by atoms with E-state index >= 15 is 0 Å². The maximum absolute atomic E-state index is 11.8. The third-order valence-corrected chi connectivity index (χ3v) is 2.84. The van der Waals surface area contributed by atoms with Gasteiger partial charge in [0.15, 0.2) is 0 Å². The first-order chi connectivity index (χ1) is 10.1. The third kappa shape index (κ3) is 3.60. The fourth-order valence-electron chi connectivity index (χ4n) is 1.78. The molecule has 0 aromatic heterocycles. The lowest BCUT2D eigenvalue weighted by molar-refractivity contribution is 0.0469. The Hall–Kier alpha value is -2.82. The number of methoxy groups -OCH3 is 1. The molecule has 0 saturated carbocycles. The number of aromatic hydroxyl groups is 1. The van der Waals surface area contributed by atoms with Gasteiger partial charge in [0, 0.05) is 0 Å². The minimum Gasteiger partial charge on any atom is -0.507 e. The molecule has 0 amide bonds. The molecule has 108 valence electrons. The number of hydrogen-bond acceptors (Lipinski definition) is 5. The fraction of sp³-hybridized carbons (Fsp3) is 0.125. The van der Waals surface area contributed by atoms with Crippen molar-refractivity contribution in [1.29, 1.82) is 0 Å². The maximum Gasteiger partial charge on any atom is 0.342 e. The Balaban J connectivity index is 2.05. The van der Waals surface area contributed by atoms with Gasteiger partial charge in [0.05, 0.1) is 12.7 Å². The van der Waals surface area contributed by atoms with Gasteiger partial charge in [-0.3, -0.25) is 0 Å². The standard InChI is InChI=1S/C16H14O5/c1-20-15(18)12-6-4-5-11(9-12)10-21-16(19)13-7-2-3-8-14(13)17/h2-9,17H,10H2,1H3. The highest BCUT2D eigenvalue weighted by Crippen LogP contribution is 2.17. The van der Waals surface area contributed by atoms with E-state index < -0.39 is 11.9 Å². The number of phenols is 1. The van der Waals surface area contributed by atoms with Gasteiger partial charge in [0.1, 0.15) is 17.9 Å². The number of hydrogen-bond donors (Lipinski definition) is 1. The summed E-state index contributed by atoms with van der Waals surface area (Å²) in [5.74, 6) is -1.22. The van der Waals surface area contributed by atoms with Gasteiger partial charge in [0.2, 0.25) is 0 Å². The number of esters is 2. The summed E-state index contributed by atoms with van der Waals surface area (Å²) < 4.78 is 9.73. The zero-order valence-corrected chi connectivity index (χ0v) is 11.4. The van der Waals surface area contributed by atoms with Crippen molar-refractivity contribution in [3.63, 3.8) is 0 Å². The van der Waals surface area contributed by atoms with Crippen molar-refractivity contribution in [2.45, 2.75) is 6.61 Å². The number of carbonyl (C=O) groups excluding carboxylic acids is 2. The normalized spacial score (nSPS) is 9.95. The highest BCUT2D eigenvalue weighted by molar-refractivity contribution is 5.92. The molecule has 0 heterocycles. The monoisotopic (exact) mass is 286 g/mol. The van der Waals surface area contributed by atoms with E-state index in [2.05, 4.69) is 4.74 Å². The molecule has 0 unspecified atom stereocenters. The summed E-state index contributed by atoms with van der Waals surface area (Å²) in [7, 11) is 1.30. The lowest BCUT2D eigenvalue weighted by atomic mass is 10.1. The van der Waals surface area contributed by atoms with Crippen LogP contribution in [0, 0.1) is 0 Å². The molecule has 0 aliphatic rings. The Morgan fingerprint density at radius 1 is 1.05 bits per heavy atom. The van der Waals surface area contributed by atoms with E-state index in [1.54, 1.807) is 36.4 Å². The molecule has 0 aliphatic heterocycles. The molecule has 0 atom stereocenters. The van der Waals surface area contributed by atoms with Crippen LogP contribution in [0.15, 0.2) is 48.5 Å². The molecule has 2 rings (SSSR count). The number of rotatable bonds is 4. The zero-order chi connectivity index (χ0) is 15.2. The quantitative estimate of drug-likeness (QED) is 0.874. The third-order valence-electron chi connectivity index (χ3n) is 2.84. The van der Waals surface area contributed by atoms with Gasteiger partial charge in [-0.25, -0.2) is 9.59 Å². The Bertz CT molecular complexity index is 663. The van der Waals surface area contributed by atoms with Gasteiger partial charge >= 0.3 is 11.9 Å². The average molecular weight is 286 g/mol. The van der Waals surface area contributed by atoms with E-state index in [0.29, 0.717) is 11.1 Å². The Morgan fingerprint density at radius 3 is 2.52 bits per heavy atom. The number of benzene rings is 2. The molecule has 21 heavy (non-hydrogen) atoms. The molecule has 0 saturated heterocycles. The summed E-state index contributed by atoms with van der Waals surface area (Å²) in [6.45, 7) is -0.00198. The van der Waals surface area contributed by atoms with Crippen LogP contribution in [0.25, 0.3) is 0 Å². The lowest BCUT2D eigenvalue weighted by Crippen LogP contribution is -2.06. The minimum absolute atomic E-state index is 0.00198. The van der Waals surface area contributed by atoms with E-state index in [-0.39, 0.29) is 17.9 Å².